The molecule has 0 saturated heterocycles. The van der Waals surface area contributed by atoms with Gasteiger partial charge in [0.1, 0.15) is 11.5 Å². The lowest BCUT2D eigenvalue weighted by Crippen LogP contribution is -2.07. The van der Waals surface area contributed by atoms with E-state index in [0.29, 0.717) is 26.7 Å². The van der Waals surface area contributed by atoms with Crippen LogP contribution in [-0.2, 0) is 4.79 Å². The van der Waals surface area contributed by atoms with Gasteiger partial charge in [-0.1, -0.05) is 34.5 Å². The van der Waals surface area contributed by atoms with Gasteiger partial charge >= 0.3 is 0 Å². The van der Waals surface area contributed by atoms with Gasteiger partial charge in [-0.3, -0.25) is 10.1 Å². The number of aromatic nitrogens is 1. The van der Waals surface area contributed by atoms with Gasteiger partial charge in [0, 0.05) is 21.7 Å². The summed E-state index contributed by atoms with van der Waals surface area (Å²) in [6, 6.07) is 14.8. The van der Waals surface area contributed by atoms with Gasteiger partial charge in [0.05, 0.1) is 10.2 Å². The minimum Gasteiger partial charge on any atom is -0.457 e. The van der Waals surface area contributed by atoms with E-state index in [1.54, 1.807) is 30.3 Å². The minimum absolute atomic E-state index is 0.286. The van der Waals surface area contributed by atoms with Crippen molar-refractivity contribution in [2.45, 2.75) is 6.92 Å². The van der Waals surface area contributed by atoms with Crippen molar-refractivity contribution < 1.29 is 9.21 Å². The molecule has 0 spiro atoms. The highest BCUT2D eigenvalue weighted by atomic mass is 35.5. The largest absolute Gasteiger partial charge is 0.457 e. The van der Waals surface area contributed by atoms with E-state index in [2.05, 4.69) is 10.3 Å². The summed E-state index contributed by atoms with van der Waals surface area (Å²) in [4.78, 5) is 16.6. The van der Waals surface area contributed by atoms with Gasteiger partial charge in [-0.2, -0.15) is 0 Å². The number of aryl methyl sites for hydroxylation is 1. The first-order valence-corrected chi connectivity index (χ1v) is 9.97. The molecular formula is C21H14Cl2N2O2S. The van der Waals surface area contributed by atoms with Crippen LogP contribution < -0.4 is 5.32 Å². The van der Waals surface area contributed by atoms with Crippen LogP contribution in [0.3, 0.4) is 0 Å². The third-order valence-electron chi connectivity index (χ3n) is 4.05. The average Bonchev–Trinajstić information content (AvgIpc) is 3.28. The Morgan fingerprint density at radius 2 is 1.93 bits per heavy atom. The first-order valence-electron chi connectivity index (χ1n) is 8.39. The summed E-state index contributed by atoms with van der Waals surface area (Å²) in [5, 5.41) is 4.61. The summed E-state index contributed by atoms with van der Waals surface area (Å²) in [7, 11) is 0. The van der Waals surface area contributed by atoms with Crippen LogP contribution in [-0.4, -0.2) is 10.9 Å². The van der Waals surface area contributed by atoms with Crippen LogP contribution in [0.5, 0.6) is 0 Å². The maximum Gasteiger partial charge on any atom is 0.250 e. The highest BCUT2D eigenvalue weighted by molar-refractivity contribution is 7.22. The number of carbonyl (C=O) groups is 1. The molecule has 4 aromatic rings. The molecule has 2 aromatic carbocycles. The Hall–Kier alpha value is -2.60. The quantitative estimate of drug-likeness (QED) is 0.362. The lowest BCUT2D eigenvalue weighted by atomic mass is 10.2. The van der Waals surface area contributed by atoms with Crippen molar-refractivity contribution in [1.82, 2.24) is 4.98 Å². The van der Waals surface area contributed by atoms with Crippen molar-refractivity contribution in [2.75, 3.05) is 5.32 Å². The fourth-order valence-corrected chi connectivity index (χ4v) is 3.85. The van der Waals surface area contributed by atoms with E-state index in [9.17, 15) is 4.79 Å². The summed E-state index contributed by atoms with van der Waals surface area (Å²) in [6.45, 7) is 1.93. The lowest BCUT2D eigenvalue weighted by molar-refractivity contribution is -0.111. The van der Waals surface area contributed by atoms with Gasteiger partial charge in [0.25, 0.3) is 0 Å². The molecule has 140 valence electrons. The van der Waals surface area contributed by atoms with Crippen LogP contribution in [0.15, 0.2) is 59.0 Å². The summed E-state index contributed by atoms with van der Waals surface area (Å²) in [5.74, 6) is 0.994. The monoisotopic (exact) mass is 428 g/mol. The standard InChI is InChI=1S/C21H14Cl2N2O2S/c1-12-10-19-17(11-16(12)23)24-21(28-19)25-20(26)9-7-15-6-8-18(27-15)13-2-4-14(22)5-3-13/h2-11H,1H3,(H,24,25,26). The van der Waals surface area contributed by atoms with Crippen molar-refractivity contribution in [3.63, 3.8) is 0 Å². The third kappa shape index (κ3) is 4.12. The summed E-state index contributed by atoms with van der Waals surface area (Å²) in [6.07, 6.45) is 3.03. The van der Waals surface area contributed by atoms with Crippen LogP contribution in [0.2, 0.25) is 10.0 Å². The van der Waals surface area contributed by atoms with E-state index in [-0.39, 0.29) is 5.91 Å². The molecule has 1 amide bonds. The number of rotatable bonds is 4. The molecule has 0 aliphatic carbocycles. The highest BCUT2D eigenvalue weighted by Crippen LogP contribution is 2.30. The number of furan rings is 1. The predicted octanol–water partition coefficient (Wildman–Crippen LogP) is 6.82. The van der Waals surface area contributed by atoms with Gasteiger partial charge in [-0.25, -0.2) is 4.98 Å². The number of halogens is 2. The number of nitrogens with zero attached hydrogens (tertiary/aromatic N) is 1. The molecule has 0 radical (unpaired) electrons. The Morgan fingerprint density at radius 3 is 2.71 bits per heavy atom. The SMILES string of the molecule is Cc1cc2sc(NC(=O)C=Cc3ccc(-c4ccc(Cl)cc4)o3)nc2cc1Cl. The van der Waals surface area contributed by atoms with Gasteiger partial charge in [-0.15, -0.1) is 0 Å². The molecule has 4 nitrogen and oxygen atoms in total. The smallest absolute Gasteiger partial charge is 0.250 e. The molecule has 0 aliphatic heterocycles. The van der Waals surface area contributed by atoms with Crippen LogP contribution in [0, 0.1) is 6.92 Å². The molecule has 0 unspecified atom stereocenters. The predicted molar refractivity (Wildman–Crippen MR) is 116 cm³/mol. The summed E-state index contributed by atoms with van der Waals surface area (Å²) in [5.41, 5.74) is 2.65. The molecule has 0 saturated carbocycles. The topological polar surface area (TPSA) is 55.1 Å². The number of benzene rings is 2. The van der Waals surface area contributed by atoms with Crippen LogP contribution in [0.4, 0.5) is 5.13 Å². The zero-order valence-corrected chi connectivity index (χ0v) is 17.0. The first-order chi connectivity index (χ1) is 13.5. The molecule has 2 aromatic heterocycles. The minimum atomic E-state index is -0.286. The zero-order chi connectivity index (χ0) is 19.7. The molecule has 0 bridgehead atoms. The number of thiazole rings is 1. The number of anilines is 1. The molecule has 4 rings (SSSR count). The van der Waals surface area contributed by atoms with Gasteiger partial charge in [-0.05, 0) is 67.1 Å². The van der Waals surface area contributed by atoms with Gasteiger partial charge in [0.2, 0.25) is 5.91 Å². The van der Waals surface area contributed by atoms with E-state index in [4.69, 9.17) is 27.6 Å². The Kier molecular flexibility index (Phi) is 5.22. The maximum atomic E-state index is 12.2. The normalized spacial score (nSPS) is 11.4. The highest BCUT2D eigenvalue weighted by Gasteiger charge is 2.09. The van der Waals surface area contributed by atoms with Crippen molar-refractivity contribution >= 4 is 61.9 Å². The molecule has 2 heterocycles. The second-order valence-corrected chi connectivity index (χ2v) is 7.99. The molecular weight excluding hydrogens is 415 g/mol. The summed E-state index contributed by atoms with van der Waals surface area (Å²) < 4.78 is 6.72. The number of hydrogen-bond acceptors (Lipinski definition) is 4. The average molecular weight is 429 g/mol. The van der Waals surface area contributed by atoms with E-state index >= 15 is 0 Å². The molecule has 1 N–H and O–H groups in total. The Balaban J connectivity index is 1.45. The molecule has 7 heteroatoms. The Bertz CT molecular complexity index is 1150. The zero-order valence-electron chi connectivity index (χ0n) is 14.7. The van der Waals surface area contributed by atoms with Crippen molar-refractivity contribution in [3.8, 4) is 11.3 Å². The van der Waals surface area contributed by atoms with Crippen molar-refractivity contribution in [3.05, 3.63) is 76.0 Å². The van der Waals surface area contributed by atoms with Crippen LogP contribution in [0.1, 0.15) is 11.3 Å². The molecule has 0 aliphatic rings. The van der Waals surface area contributed by atoms with Gasteiger partial charge in [0.15, 0.2) is 5.13 Å². The number of hydrogen-bond donors (Lipinski definition) is 1. The number of carbonyl (C=O) groups excluding carboxylic acids is 1. The van der Waals surface area contributed by atoms with E-state index in [0.717, 1.165) is 21.3 Å². The lowest BCUT2D eigenvalue weighted by Gasteiger charge is -1.96. The van der Waals surface area contributed by atoms with Gasteiger partial charge < -0.3 is 4.42 Å². The van der Waals surface area contributed by atoms with Crippen molar-refractivity contribution in [1.29, 1.82) is 0 Å². The first kappa shape index (κ1) is 18.7. The van der Waals surface area contributed by atoms with E-state index in [1.807, 2.05) is 31.2 Å². The van der Waals surface area contributed by atoms with Crippen LogP contribution >= 0.6 is 34.5 Å². The number of fused-ring (bicyclic) bond motifs is 1. The summed E-state index contributed by atoms with van der Waals surface area (Å²) >= 11 is 13.4. The maximum absolute atomic E-state index is 12.2. The number of amides is 1. The fraction of sp³-hybridized carbons (Fsp3) is 0.0476. The fourth-order valence-electron chi connectivity index (χ4n) is 2.62. The molecule has 0 fully saturated rings. The van der Waals surface area contributed by atoms with Crippen molar-refractivity contribution in [2.24, 2.45) is 0 Å². The number of nitrogens with one attached hydrogen (secondary N) is 1. The molecule has 0 atom stereocenters. The van der Waals surface area contributed by atoms with E-state index < -0.39 is 0 Å². The molecule has 28 heavy (non-hydrogen) atoms. The Morgan fingerprint density at radius 1 is 1.14 bits per heavy atom. The van der Waals surface area contributed by atoms with Crippen LogP contribution in [0.25, 0.3) is 27.6 Å². The second kappa shape index (κ2) is 7.80. The van der Waals surface area contributed by atoms with E-state index in [1.165, 1.54) is 17.4 Å². The Labute approximate surface area is 175 Å². The second-order valence-electron chi connectivity index (χ2n) is 6.12. The third-order valence-corrected chi connectivity index (χ3v) is 5.65.